The van der Waals surface area contributed by atoms with Crippen molar-refractivity contribution in [2.75, 3.05) is 0 Å². The zero-order valence-corrected chi connectivity index (χ0v) is 33.1. The van der Waals surface area contributed by atoms with Gasteiger partial charge in [-0.15, -0.1) is 0 Å². The van der Waals surface area contributed by atoms with Crippen LogP contribution in [0.1, 0.15) is 25.0 Å². The molecule has 0 saturated carbocycles. The van der Waals surface area contributed by atoms with E-state index in [1.807, 2.05) is 0 Å². The Bertz CT molecular complexity index is 3470. The predicted octanol–water partition coefficient (Wildman–Crippen LogP) is 16.4. The molecule has 11 aromatic rings. The second-order valence-electron chi connectivity index (χ2n) is 16.7. The van der Waals surface area contributed by atoms with E-state index in [4.69, 9.17) is 0 Å². The van der Waals surface area contributed by atoms with Gasteiger partial charge in [0.1, 0.15) is 0 Å². The minimum atomic E-state index is -0.164. The summed E-state index contributed by atoms with van der Waals surface area (Å²) in [6.45, 7) is 4.82. The van der Waals surface area contributed by atoms with E-state index >= 15 is 0 Å². The van der Waals surface area contributed by atoms with E-state index in [1.165, 1.54) is 121 Å². The molecule has 0 bridgehead atoms. The van der Waals surface area contributed by atoms with Crippen LogP contribution in [0.4, 0.5) is 0 Å². The van der Waals surface area contributed by atoms with Crippen LogP contribution in [-0.2, 0) is 5.41 Å². The highest BCUT2D eigenvalue weighted by atomic mass is 14.4. The lowest BCUT2D eigenvalue weighted by Crippen LogP contribution is -2.16. The first kappa shape index (κ1) is 33.8. The fraction of sp³-hybridized carbons (Fsp3) is 0.0508. The molecule has 0 nitrogen and oxygen atoms in total. The van der Waals surface area contributed by atoms with Crippen molar-refractivity contribution in [3.05, 3.63) is 217 Å². The molecule has 0 N–H and O–H groups in total. The van der Waals surface area contributed by atoms with Crippen molar-refractivity contribution in [1.82, 2.24) is 0 Å². The van der Waals surface area contributed by atoms with E-state index in [1.54, 1.807) is 0 Å². The van der Waals surface area contributed by atoms with E-state index in [-0.39, 0.29) is 5.41 Å². The van der Waals surface area contributed by atoms with Crippen LogP contribution in [0.25, 0.3) is 109 Å². The van der Waals surface area contributed by atoms with Crippen LogP contribution in [0.5, 0.6) is 0 Å². The molecule has 0 saturated heterocycles. The first-order valence-corrected chi connectivity index (χ1v) is 20.8. The molecule has 0 heteroatoms. The molecule has 1 aliphatic rings. The third-order valence-electron chi connectivity index (χ3n) is 13.2. The number of fused-ring (bicyclic) bond motifs is 10. The van der Waals surface area contributed by atoms with Crippen LogP contribution in [0.2, 0.25) is 0 Å². The van der Waals surface area contributed by atoms with Gasteiger partial charge in [-0.05, 0) is 133 Å². The molecule has 59 heavy (non-hydrogen) atoms. The average molecular weight is 749 g/mol. The summed E-state index contributed by atoms with van der Waals surface area (Å²) < 4.78 is 0. The molecule has 12 rings (SSSR count). The van der Waals surface area contributed by atoms with Crippen LogP contribution in [0.3, 0.4) is 0 Å². The lowest BCUT2D eigenvalue weighted by atomic mass is 9.77. The van der Waals surface area contributed by atoms with E-state index in [0.717, 1.165) is 0 Å². The number of benzene rings is 11. The smallest absolute Gasteiger partial charge is 0.0171 e. The van der Waals surface area contributed by atoms with Gasteiger partial charge in [-0.2, -0.15) is 0 Å². The first-order valence-electron chi connectivity index (χ1n) is 20.8. The predicted molar refractivity (Wildman–Crippen MR) is 253 cm³/mol. The number of hydrogen-bond acceptors (Lipinski definition) is 0. The summed E-state index contributed by atoms with van der Waals surface area (Å²) in [5.41, 5.74) is 15.4. The van der Waals surface area contributed by atoms with Gasteiger partial charge in [-0.1, -0.05) is 208 Å². The van der Waals surface area contributed by atoms with Gasteiger partial charge in [0.2, 0.25) is 0 Å². The van der Waals surface area contributed by atoms with Gasteiger partial charge in [0, 0.05) is 5.41 Å². The Morgan fingerprint density at radius 3 is 1.47 bits per heavy atom. The SMILES string of the molecule is CC1(C)c2c(-c3cccc(-c4c5ccccc5c(-c5ccccc5-c5cc6ccccc6c6ccccc56)c5ccccc45)c3)cccc2-c2ccc3ccccc3c21. The first-order chi connectivity index (χ1) is 29.1. The fourth-order valence-electron chi connectivity index (χ4n) is 10.8. The topological polar surface area (TPSA) is 0 Å². The van der Waals surface area contributed by atoms with Gasteiger partial charge < -0.3 is 0 Å². The van der Waals surface area contributed by atoms with Crippen molar-refractivity contribution in [2.45, 2.75) is 19.3 Å². The Kier molecular flexibility index (Phi) is 7.38. The van der Waals surface area contributed by atoms with Crippen molar-refractivity contribution >= 4 is 53.9 Å². The van der Waals surface area contributed by atoms with Gasteiger partial charge in [0.05, 0.1) is 0 Å². The third-order valence-corrected chi connectivity index (χ3v) is 13.2. The van der Waals surface area contributed by atoms with E-state index < -0.39 is 0 Å². The molecule has 0 amide bonds. The third kappa shape index (κ3) is 4.96. The molecule has 11 aromatic carbocycles. The highest BCUT2D eigenvalue weighted by molar-refractivity contribution is 6.23. The Morgan fingerprint density at radius 2 is 0.746 bits per heavy atom. The Balaban J connectivity index is 1.08. The largest absolute Gasteiger partial charge is 0.0616 e. The molecular weight excluding hydrogens is 709 g/mol. The van der Waals surface area contributed by atoms with E-state index in [9.17, 15) is 0 Å². The number of hydrogen-bond donors (Lipinski definition) is 0. The average Bonchev–Trinajstić information content (AvgIpc) is 3.54. The molecule has 0 fully saturated rings. The van der Waals surface area contributed by atoms with Crippen molar-refractivity contribution in [3.8, 4) is 55.6 Å². The van der Waals surface area contributed by atoms with Crippen LogP contribution >= 0.6 is 0 Å². The molecule has 0 unspecified atom stereocenters. The van der Waals surface area contributed by atoms with Crippen molar-refractivity contribution < 1.29 is 0 Å². The van der Waals surface area contributed by atoms with Gasteiger partial charge in [0.15, 0.2) is 0 Å². The van der Waals surface area contributed by atoms with Crippen molar-refractivity contribution in [2.24, 2.45) is 0 Å². The molecule has 0 aliphatic heterocycles. The Morgan fingerprint density at radius 1 is 0.254 bits per heavy atom. The maximum atomic E-state index is 2.44. The van der Waals surface area contributed by atoms with Gasteiger partial charge >= 0.3 is 0 Å². The molecule has 0 aromatic heterocycles. The van der Waals surface area contributed by atoms with Crippen molar-refractivity contribution in [1.29, 1.82) is 0 Å². The maximum absolute atomic E-state index is 2.44. The van der Waals surface area contributed by atoms with E-state index in [0.29, 0.717) is 0 Å². The molecule has 0 heterocycles. The second kappa shape index (κ2) is 12.9. The van der Waals surface area contributed by atoms with Crippen molar-refractivity contribution in [3.63, 3.8) is 0 Å². The normalized spacial score (nSPS) is 13.1. The minimum Gasteiger partial charge on any atom is -0.0616 e. The summed E-state index contributed by atoms with van der Waals surface area (Å²) in [6.07, 6.45) is 0. The summed E-state index contributed by atoms with van der Waals surface area (Å²) in [4.78, 5) is 0. The summed E-state index contributed by atoms with van der Waals surface area (Å²) >= 11 is 0. The van der Waals surface area contributed by atoms with Crippen LogP contribution in [0, 0.1) is 0 Å². The summed E-state index contributed by atoms with van der Waals surface area (Å²) in [7, 11) is 0. The highest BCUT2D eigenvalue weighted by Gasteiger charge is 2.39. The zero-order valence-electron chi connectivity index (χ0n) is 33.1. The Hall–Kier alpha value is -7.28. The lowest BCUT2D eigenvalue weighted by Gasteiger charge is -2.26. The second-order valence-corrected chi connectivity index (χ2v) is 16.7. The molecule has 0 radical (unpaired) electrons. The molecule has 1 aliphatic carbocycles. The number of rotatable bonds is 4. The molecule has 0 spiro atoms. The lowest BCUT2D eigenvalue weighted by molar-refractivity contribution is 0.668. The molecular formula is C59H40. The Labute approximate surface area is 344 Å². The highest BCUT2D eigenvalue weighted by Crippen LogP contribution is 2.55. The fourth-order valence-corrected chi connectivity index (χ4v) is 10.8. The summed E-state index contributed by atoms with van der Waals surface area (Å²) in [6, 6.07) is 76.9. The van der Waals surface area contributed by atoms with Gasteiger partial charge in [0.25, 0.3) is 0 Å². The monoisotopic (exact) mass is 748 g/mol. The van der Waals surface area contributed by atoms with Gasteiger partial charge in [-0.25, -0.2) is 0 Å². The minimum absolute atomic E-state index is 0.164. The standard InChI is InChI=1S/C59H40/c1-59(2)57-42-22-6-3-17-37(42)33-34-53(57)52-32-16-31-43(58(52)59)38-19-15-20-40(35-38)55-48-27-11-13-29-50(48)56(51-30-14-12-28-49(51)55)47-26-10-9-25-46(47)54-36-39-18-4-5-21-41(39)44-23-7-8-24-45(44)54/h3-36H,1-2H3. The molecule has 0 atom stereocenters. The quantitative estimate of drug-likeness (QED) is 0.124. The van der Waals surface area contributed by atoms with E-state index in [2.05, 4.69) is 220 Å². The van der Waals surface area contributed by atoms with Crippen LogP contribution in [0.15, 0.2) is 206 Å². The maximum Gasteiger partial charge on any atom is 0.0171 e. The summed E-state index contributed by atoms with van der Waals surface area (Å²) in [5, 5.41) is 12.8. The van der Waals surface area contributed by atoms with Gasteiger partial charge in [-0.3, -0.25) is 0 Å². The summed E-state index contributed by atoms with van der Waals surface area (Å²) in [5.74, 6) is 0. The molecule has 276 valence electrons. The van der Waals surface area contributed by atoms with Crippen LogP contribution in [-0.4, -0.2) is 0 Å². The van der Waals surface area contributed by atoms with Crippen LogP contribution < -0.4 is 0 Å². The zero-order chi connectivity index (χ0) is 39.2.